The van der Waals surface area contributed by atoms with Gasteiger partial charge in [-0.2, -0.15) is 0 Å². The van der Waals surface area contributed by atoms with Crippen LogP contribution in [0.4, 0.5) is 4.39 Å². The van der Waals surface area contributed by atoms with Crippen LogP contribution in [0.25, 0.3) is 10.2 Å². The van der Waals surface area contributed by atoms with Crippen LogP contribution in [0.3, 0.4) is 0 Å². The van der Waals surface area contributed by atoms with Crippen molar-refractivity contribution in [1.82, 2.24) is 15.2 Å². The highest BCUT2D eigenvalue weighted by atomic mass is 32.1. The number of halogens is 1. The molecular weight excluding hydrogens is 337 g/mol. The third-order valence-corrected chi connectivity index (χ3v) is 5.33. The third-order valence-electron chi connectivity index (χ3n) is 4.12. The van der Waals surface area contributed by atoms with Crippen molar-refractivity contribution in [3.8, 4) is 0 Å². The Kier molecular flexibility index (Phi) is 5.40. The average Bonchev–Trinajstić information content (AvgIpc) is 3.04. The topological polar surface area (TPSA) is 45.2 Å². The van der Waals surface area contributed by atoms with Crippen LogP contribution in [-0.2, 0) is 11.3 Å². The zero-order chi connectivity index (χ0) is 17.8. The van der Waals surface area contributed by atoms with Gasteiger partial charge in [-0.05, 0) is 43.8 Å². The van der Waals surface area contributed by atoms with E-state index in [4.69, 9.17) is 0 Å². The summed E-state index contributed by atoms with van der Waals surface area (Å²) in [5.41, 5.74) is 1.86. The number of nitrogens with one attached hydrogen (secondary N) is 1. The Morgan fingerprint density at radius 2 is 1.96 bits per heavy atom. The molecule has 0 saturated heterocycles. The van der Waals surface area contributed by atoms with Crippen molar-refractivity contribution >= 4 is 27.5 Å². The lowest BCUT2D eigenvalue weighted by molar-refractivity contribution is -0.122. The minimum atomic E-state index is -0.278. The van der Waals surface area contributed by atoms with Crippen LogP contribution in [0, 0.1) is 5.82 Å². The lowest BCUT2D eigenvalue weighted by atomic mass is 10.2. The smallest absolute Gasteiger partial charge is 0.234 e. The zero-order valence-corrected chi connectivity index (χ0v) is 15.0. The summed E-state index contributed by atoms with van der Waals surface area (Å²) in [4.78, 5) is 18.8. The molecule has 25 heavy (non-hydrogen) atoms. The number of rotatable bonds is 6. The van der Waals surface area contributed by atoms with Crippen LogP contribution < -0.4 is 5.32 Å². The van der Waals surface area contributed by atoms with Crippen molar-refractivity contribution in [2.24, 2.45) is 0 Å². The summed E-state index contributed by atoms with van der Waals surface area (Å²) in [5.74, 6) is -0.348. The molecule has 6 heteroatoms. The van der Waals surface area contributed by atoms with Crippen molar-refractivity contribution in [3.05, 3.63) is 64.9 Å². The number of benzene rings is 2. The van der Waals surface area contributed by atoms with Crippen molar-refractivity contribution < 1.29 is 9.18 Å². The molecule has 4 nitrogen and oxygen atoms in total. The average molecular weight is 357 g/mol. The molecule has 0 spiro atoms. The fourth-order valence-corrected chi connectivity index (χ4v) is 3.56. The molecule has 3 aromatic rings. The molecule has 0 fully saturated rings. The van der Waals surface area contributed by atoms with Gasteiger partial charge in [0.2, 0.25) is 5.91 Å². The monoisotopic (exact) mass is 357 g/mol. The molecule has 0 radical (unpaired) electrons. The first-order valence-corrected chi connectivity index (χ1v) is 8.91. The van der Waals surface area contributed by atoms with Crippen LogP contribution in [0.1, 0.15) is 23.5 Å². The van der Waals surface area contributed by atoms with E-state index in [9.17, 15) is 9.18 Å². The summed E-state index contributed by atoms with van der Waals surface area (Å²) in [6, 6.07) is 14.2. The molecule has 1 atom stereocenters. The highest BCUT2D eigenvalue weighted by Crippen LogP contribution is 2.28. The van der Waals surface area contributed by atoms with Gasteiger partial charge in [-0.1, -0.05) is 24.3 Å². The fourth-order valence-electron chi connectivity index (χ4n) is 2.48. The van der Waals surface area contributed by atoms with Crippen LogP contribution in [-0.4, -0.2) is 29.4 Å². The summed E-state index contributed by atoms with van der Waals surface area (Å²) < 4.78 is 14.0. The minimum Gasteiger partial charge on any atom is -0.351 e. The van der Waals surface area contributed by atoms with Crippen LogP contribution in [0.2, 0.25) is 0 Å². The maximum Gasteiger partial charge on any atom is 0.234 e. The number of para-hydroxylation sites is 1. The van der Waals surface area contributed by atoms with Crippen LogP contribution in [0.15, 0.2) is 48.5 Å². The predicted molar refractivity (Wildman–Crippen MR) is 98.9 cm³/mol. The molecule has 0 unspecified atom stereocenters. The van der Waals surface area contributed by atoms with Gasteiger partial charge in [0.1, 0.15) is 10.8 Å². The quantitative estimate of drug-likeness (QED) is 0.731. The molecule has 1 aromatic heterocycles. The van der Waals surface area contributed by atoms with Crippen molar-refractivity contribution in [3.63, 3.8) is 0 Å². The molecule has 0 aliphatic heterocycles. The second kappa shape index (κ2) is 7.72. The Bertz CT molecular complexity index is 829. The lowest BCUT2D eigenvalue weighted by Gasteiger charge is -2.22. The number of amides is 1. The molecule has 3 rings (SSSR count). The Labute approximate surface area is 150 Å². The van der Waals surface area contributed by atoms with Gasteiger partial charge in [0, 0.05) is 6.54 Å². The van der Waals surface area contributed by atoms with Gasteiger partial charge in [0.25, 0.3) is 0 Å². The van der Waals surface area contributed by atoms with Gasteiger partial charge >= 0.3 is 0 Å². The first kappa shape index (κ1) is 17.5. The van der Waals surface area contributed by atoms with E-state index in [0.29, 0.717) is 6.54 Å². The van der Waals surface area contributed by atoms with Crippen molar-refractivity contribution in [2.75, 3.05) is 13.6 Å². The minimum absolute atomic E-state index is 0.0500. The number of fused-ring (bicyclic) bond motifs is 1. The molecule has 2 aromatic carbocycles. The van der Waals surface area contributed by atoms with E-state index in [2.05, 4.69) is 16.4 Å². The number of hydrogen-bond acceptors (Lipinski definition) is 4. The number of aromatic nitrogens is 1. The van der Waals surface area contributed by atoms with E-state index in [1.807, 2.05) is 37.1 Å². The number of likely N-dealkylation sites (N-methyl/N-ethyl adjacent to an activating group) is 1. The zero-order valence-electron chi connectivity index (χ0n) is 14.2. The largest absolute Gasteiger partial charge is 0.351 e. The third kappa shape index (κ3) is 4.41. The molecule has 130 valence electrons. The van der Waals surface area contributed by atoms with Gasteiger partial charge in [-0.3, -0.25) is 9.69 Å². The summed E-state index contributed by atoms with van der Waals surface area (Å²) >= 11 is 1.65. The van der Waals surface area contributed by atoms with Gasteiger partial charge in [0.05, 0.1) is 22.8 Å². The molecule has 1 N–H and O–H groups in total. The summed E-state index contributed by atoms with van der Waals surface area (Å²) in [7, 11) is 1.91. The van der Waals surface area contributed by atoms with Gasteiger partial charge < -0.3 is 5.32 Å². The van der Waals surface area contributed by atoms with E-state index in [-0.39, 0.29) is 24.3 Å². The molecule has 0 saturated carbocycles. The Balaban J connectivity index is 1.55. The Morgan fingerprint density at radius 3 is 2.68 bits per heavy atom. The number of carbonyl (C=O) groups is 1. The number of hydrogen-bond donors (Lipinski definition) is 1. The van der Waals surface area contributed by atoms with E-state index in [1.165, 1.54) is 12.1 Å². The SMILES string of the molecule is C[C@@H](c1nc2ccccc2s1)N(C)CC(=O)NCc1ccc(F)cc1. The first-order chi connectivity index (χ1) is 12.0. The molecular formula is C19H20FN3OS. The molecule has 0 bridgehead atoms. The highest BCUT2D eigenvalue weighted by Gasteiger charge is 2.18. The van der Waals surface area contributed by atoms with Crippen LogP contribution in [0.5, 0.6) is 0 Å². The lowest BCUT2D eigenvalue weighted by Crippen LogP contribution is -2.36. The number of nitrogens with zero attached hydrogens (tertiary/aromatic N) is 2. The second-order valence-corrected chi connectivity index (χ2v) is 7.08. The van der Waals surface area contributed by atoms with Gasteiger partial charge in [0.15, 0.2) is 0 Å². The Hall–Kier alpha value is -2.31. The second-order valence-electron chi connectivity index (χ2n) is 6.01. The van der Waals surface area contributed by atoms with Crippen molar-refractivity contribution in [1.29, 1.82) is 0 Å². The standard InChI is InChI=1S/C19H20FN3OS/c1-13(19-22-16-5-3-4-6-17(16)25-19)23(2)12-18(24)21-11-14-7-9-15(20)10-8-14/h3-10,13H,11-12H2,1-2H3,(H,21,24)/t13-/m0/s1. The molecule has 0 aliphatic rings. The predicted octanol–water partition coefficient (Wildman–Crippen LogP) is 3.74. The Morgan fingerprint density at radius 1 is 1.24 bits per heavy atom. The molecule has 1 heterocycles. The number of carbonyl (C=O) groups excluding carboxylic acids is 1. The first-order valence-electron chi connectivity index (χ1n) is 8.10. The van der Waals surface area contributed by atoms with E-state index < -0.39 is 0 Å². The summed E-state index contributed by atoms with van der Waals surface area (Å²) in [6.45, 7) is 2.71. The normalized spacial score (nSPS) is 12.5. The molecule has 1 amide bonds. The van der Waals surface area contributed by atoms with Gasteiger partial charge in [-0.25, -0.2) is 9.37 Å². The van der Waals surface area contributed by atoms with Crippen LogP contribution >= 0.6 is 11.3 Å². The van der Waals surface area contributed by atoms with E-state index in [0.717, 1.165) is 20.8 Å². The highest BCUT2D eigenvalue weighted by molar-refractivity contribution is 7.18. The number of thiazole rings is 1. The fraction of sp³-hybridized carbons (Fsp3) is 0.263. The molecule has 0 aliphatic carbocycles. The summed E-state index contributed by atoms with van der Waals surface area (Å²) in [6.07, 6.45) is 0. The maximum absolute atomic E-state index is 12.9. The van der Waals surface area contributed by atoms with Crippen molar-refractivity contribution in [2.45, 2.75) is 19.5 Å². The summed E-state index contributed by atoms with van der Waals surface area (Å²) in [5, 5.41) is 3.86. The van der Waals surface area contributed by atoms with E-state index in [1.54, 1.807) is 23.5 Å². The maximum atomic E-state index is 12.9. The van der Waals surface area contributed by atoms with E-state index >= 15 is 0 Å². The van der Waals surface area contributed by atoms with Gasteiger partial charge in [-0.15, -0.1) is 11.3 Å².